The van der Waals surface area contributed by atoms with Crippen molar-refractivity contribution in [3.8, 4) is 11.5 Å². The van der Waals surface area contributed by atoms with Crippen LogP contribution in [0.1, 0.15) is 25.0 Å². The summed E-state index contributed by atoms with van der Waals surface area (Å²) in [7, 11) is 1.52. The lowest BCUT2D eigenvalue weighted by Gasteiger charge is -2.16. The molecule has 1 saturated heterocycles. The van der Waals surface area contributed by atoms with E-state index in [1.54, 1.807) is 24.3 Å². The van der Waals surface area contributed by atoms with Gasteiger partial charge in [0.25, 0.3) is 5.91 Å². The van der Waals surface area contributed by atoms with Crippen molar-refractivity contribution in [1.82, 2.24) is 10.2 Å². The first-order valence-corrected chi connectivity index (χ1v) is 9.71. The topological polar surface area (TPSA) is 67.9 Å². The summed E-state index contributed by atoms with van der Waals surface area (Å²) in [6.07, 6.45) is 1.49. The molecule has 29 heavy (non-hydrogen) atoms. The number of hydrogen-bond donors (Lipinski definition) is 1. The highest BCUT2D eigenvalue weighted by Gasteiger charge is 2.34. The minimum atomic E-state index is -0.602. The normalized spacial score (nSPS) is 15.2. The van der Waals surface area contributed by atoms with Crippen LogP contribution in [0.15, 0.2) is 46.6 Å². The van der Waals surface area contributed by atoms with E-state index >= 15 is 0 Å². The van der Waals surface area contributed by atoms with Crippen molar-refractivity contribution >= 4 is 33.9 Å². The number of benzene rings is 2. The van der Waals surface area contributed by atoms with E-state index in [0.29, 0.717) is 21.5 Å². The van der Waals surface area contributed by atoms with Gasteiger partial charge < -0.3 is 14.8 Å². The molecule has 152 valence electrons. The number of imide groups is 1. The number of carbonyl (C=O) groups excluding carboxylic acids is 2. The molecular weight excluding hydrogens is 443 g/mol. The minimum Gasteiger partial charge on any atom is -0.493 e. The van der Waals surface area contributed by atoms with Crippen LogP contribution in [0.3, 0.4) is 0 Å². The number of halogens is 2. The smallest absolute Gasteiger partial charge is 0.329 e. The standard InChI is InChI=1S/C21H20BrFN2O4/c1-12(2)29-19-15(22)8-13(10-18(19)28-3)9-17-20(26)25(21(27)24-17)11-14-6-4-5-7-16(14)23/h4-10,12H,11H2,1-3H3,(H,24,27)/b17-9+. The van der Waals surface area contributed by atoms with Crippen molar-refractivity contribution in [1.29, 1.82) is 0 Å². The zero-order valence-corrected chi connectivity index (χ0v) is 17.7. The van der Waals surface area contributed by atoms with Gasteiger partial charge in [-0.25, -0.2) is 9.18 Å². The van der Waals surface area contributed by atoms with Gasteiger partial charge in [0.05, 0.1) is 24.2 Å². The van der Waals surface area contributed by atoms with E-state index in [1.165, 1.54) is 25.3 Å². The molecule has 0 aliphatic carbocycles. The second kappa shape index (κ2) is 8.65. The van der Waals surface area contributed by atoms with E-state index in [0.717, 1.165) is 4.90 Å². The Morgan fingerprint density at radius 2 is 1.97 bits per heavy atom. The van der Waals surface area contributed by atoms with Crippen LogP contribution in [0.2, 0.25) is 0 Å². The van der Waals surface area contributed by atoms with Gasteiger partial charge in [-0.2, -0.15) is 0 Å². The lowest BCUT2D eigenvalue weighted by molar-refractivity contribution is -0.123. The number of methoxy groups -OCH3 is 1. The van der Waals surface area contributed by atoms with E-state index < -0.39 is 17.8 Å². The molecule has 1 aliphatic heterocycles. The molecule has 0 unspecified atom stereocenters. The predicted octanol–water partition coefficient (Wildman–Crippen LogP) is 4.48. The molecule has 6 nitrogen and oxygen atoms in total. The van der Waals surface area contributed by atoms with Crippen molar-refractivity contribution in [3.05, 3.63) is 63.5 Å². The summed E-state index contributed by atoms with van der Waals surface area (Å²) in [5, 5.41) is 2.53. The molecule has 3 rings (SSSR count). The third-order valence-corrected chi connectivity index (χ3v) is 4.75. The van der Waals surface area contributed by atoms with Gasteiger partial charge in [-0.1, -0.05) is 18.2 Å². The fourth-order valence-corrected chi connectivity index (χ4v) is 3.41. The van der Waals surface area contributed by atoms with Gasteiger partial charge in [0.2, 0.25) is 0 Å². The highest BCUT2D eigenvalue weighted by molar-refractivity contribution is 9.10. The molecule has 8 heteroatoms. The maximum atomic E-state index is 13.9. The SMILES string of the molecule is COc1cc(/C=C2/NC(=O)N(Cc3ccccc3F)C2=O)cc(Br)c1OC(C)C. The zero-order valence-electron chi connectivity index (χ0n) is 16.2. The van der Waals surface area contributed by atoms with E-state index in [-0.39, 0.29) is 23.9 Å². The summed E-state index contributed by atoms with van der Waals surface area (Å²) in [5.41, 5.74) is 0.982. The molecule has 1 heterocycles. The van der Waals surface area contributed by atoms with Gasteiger partial charge in [0, 0.05) is 5.56 Å². The third-order valence-electron chi connectivity index (χ3n) is 4.16. The molecule has 2 aromatic rings. The number of nitrogens with one attached hydrogen (secondary N) is 1. The van der Waals surface area contributed by atoms with Gasteiger partial charge in [0.1, 0.15) is 11.5 Å². The summed E-state index contributed by atoms with van der Waals surface area (Å²) >= 11 is 3.45. The van der Waals surface area contributed by atoms with Gasteiger partial charge in [-0.3, -0.25) is 9.69 Å². The number of hydrogen-bond acceptors (Lipinski definition) is 4. The van der Waals surface area contributed by atoms with Gasteiger partial charge >= 0.3 is 6.03 Å². The number of rotatable bonds is 6. The molecular formula is C21H20BrFN2O4. The quantitative estimate of drug-likeness (QED) is 0.507. The van der Waals surface area contributed by atoms with Gasteiger partial charge in [-0.05, 0) is 59.6 Å². The van der Waals surface area contributed by atoms with Crippen molar-refractivity contribution < 1.29 is 23.5 Å². The van der Waals surface area contributed by atoms with E-state index in [1.807, 2.05) is 13.8 Å². The van der Waals surface area contributed by atoms with Gasteiger partial charge in [0.15, 0.2) is 11.5 Å². The monoisotopic (exact) mass is 462 g/mol. The van der Waals surface area contributed by atoms with E-state index in [2.05, 4.69) is 21.2 Å². The number of nitrogens with zero attached hydrogens (tertiary/aromatic N) is 1. The second-order valence-corrected chi connectivity index (χ2v) is 7.53. The zero-order chi connectivity index (χ0) is 21.1. The van der Waals surface area contributed by atoms with E-state index in [9.17, 15) is 14.0 Å². The first-order chi connectivity index (χ1) is 13.8. The Kier molecular flexibility index (Phi) is 6.22. The summed E-state index contributed by atoms with van der Waals surface area (Å²) in [6.45, 7) is 3.65. The molecule has 3 amide bonds. The number of urea groups is 1. The van der Waals surface area contributed by atoms with Crippen LogP contribution in [0, 0.1) is 5.82 Å². The fraction of sp³-hybridized carbons (Fsp3) is 0.238. The number of amides is 3. The Morgan fingerprint density at radius 3 is 2.62 bits per heavy atom. The predicted molar refractivity (Wildman–Crippen MR) is 110 cm³/mol. The van der Waals surface area contributed by atoms with Crippen LogP contribution in [-0.2, 0) is 11.3 Å². The Morgan fingerprint density at radius 1 is 1.24 bits per heavy atom. The maximum Gasteiger partial charge on any atom is 0.329 e. The first-order valence-electron chi connectivity index (χ1n) is 8.92. The Hall–Kier alpha value is -2.87. The summed E-state index contributed by atoms with van der Waals surface area (Å²) in [5.74, 6) is 0.0308. The Bertz CT molecular complexity index is 991. The van der Waals surface area contributed by atoms with Crippen molar-refractivity contribution in [2.45, 2.75) is 26.5 Å². The lowest BCUT2D eigenvalue weighted by atomic mass is 10.1. The lowest BCUT2D eigenvalue weighted by Crippen LogP contribution is -2.30. The second-order valence-electron chi connectivity index (χ2n) is 6.67. The Labute approximate surface area is 176 Å². The van der Waals surface area contributed by atoms with Crippen molar-refractivity contribution in [2.75, 3.05) is 7.11 Å². The highest BCUT2D eigenvalue weighted by Crippen LogP contribution is 2.38. The molecule has 0 aromatic heterocycles. The number of ether oxygens (including phenoxy) is 2. The average Bonchev–Trinajstić information content (AvgIpc) is 2.92. The molecule has 2 aromatic carbocycles. The van der Waals surface area contributed by atoms with Gasteiger partial charge in [-0.15, -0.1) is 0 Å². The fourth-order valence-electron chi connectivity index (χ4n) is 2.85. The first kappa shape index (κ1) is 20.9. The molecule has 1 fully saturated rings. The molecule has 0 atom stereocenters. The molecule has 1 aliphatic rings. The molecule has 0 bridgehead atoms. The molecule has 0 radical (unpaired) electrons. The van der Waals surface area contributed by atoms with Crippen LogP contribution in [-0.4, -0.2) is 30.1 Å². The van der Waals surface area contributed by atoms with Crippen LogP contribution in [0.25, 0.3) is 6.08 Å². The van der Waals surface area contributed by atoms with E-state index in [4.69, 9.17) is 9.47 Å². The average molecular weight is 463 g/mol. The molecule has 0 saturated carbocycles. The summed E-state index contributed by atoms with van der Waals surface area (Å²) in [4.78, 5) is 25.9. The van der Waals surface area contributed by atoms with Crippen LogP contribution in [0.4, 0.5) is 9.18 Å². The highest BCUT2D eigenvalue weighted by atomic mass is 79.9. The molecule has 1 N–H and O–H groups in total. The number of carbonyl (C=O) groups is 2. The summed E-state index contributed by atoms with van der Waals surface area (Å²) < 4.78 is 25.7. The summed E-state index contributed by atoms with van der Waals surface area (Å²) in [6, 6.07) is 8.88. The van der Waals surface area contributed by atoms with Crippen LogP contribution in [0.5, 0.6) is 11.5 Å². The Balaban J connectivity index is 1.87. The van der Waals surface area contributed by atoms with Crippen LogP contribution >= 0.6 is 15.9 Å². The maximum absolute atomic E-state index is 13.9. The largest absolute Gasteiger partial charge is 0.493 e. The van der Waals surface area contributed by atoms with Crippen molar-refractivity contribution in [3.63, 3.8) is 0 Å². The third kappa shape index (κ3) is 4.59. The van der Waals surface area contributed by atoms with Crippen molar-refractivity contribution in [2.24, 2.45) is 0 Å². The van der Waals surface area contributed by atoms with Crippen LogP contribution < -0.4 is 14.8 Å². The molecule has 0 spiro atoms. The minimum absolute atomic E-state index is 0.0490.